The predicted octanol–water partition coefficient (Wildman–Crippen LogP) is 4.41. The lowest BCUT2D eigenvalue weighted by Crippen LogP contribution is -2.14. The van der Waals surface area contributed by atoms with Gasteiger partial charge in [-0.3, -0.25) is 4.72 Å². The zero-order chi connectivity index (χ0) is 17.6. The smallest absolute Gasteiger partial charge is 0.263 e. The molecule has 1 N–H and O–H groups in total. The number of unbranched alkanes of at least 4 members (excludes halogenated alkanes) is 2. The number of ether oxygens (including phenoxy) is 1. The Kier molecular flexibility index (Phi) is 6.45. The van der Waals surface area contributed by atoms with E-state index in [1.165, 1.54) is 18.3 Å². The van der Waals surface area contributed by atoms with Crippen LogP contribution in [0.1, 0.15) is 31.7 Å². The van der Waals surface area contributed by atoms with Crippen molar-refractivity contribution in [2.75, 3.05) is 11.3 Å². The summed E-state index contributed by atoms with van der Waals surface area (Å²) in [5, 5.41) is 0.443. The maximum absolute atomic E-state index is 12.4. The average molecular weight is 369 g/mol. The van der Waals surface area contributed by atoms with E-state index in [0.717, 1.165) is 24.8 Å². The molecule has 0 saturated heterocycles. The summed E-state index contributed by atoms with van der Waals surface area (Å²) in [5.74, 6) is 0.923. The highest BCUT2D eigenvalue weighted by Crippen LogP contribution is 2.23. The van der Waals surface area contributed by atoms with Gasteiger partial charge in [-0.25, -0.2) is 13.4 Å². The van der Waals surface area contributed by atoms with Crippen LogP contribution in [0.4, 0.5) is 5.82 Å². The van der Waals surface area contributed by atoms with Crippen molar-refractivity contribution in [3.05, 3.63) is 47.1 Å². The van der Waals surface area contributed by atoms with Crippen LogP contribution in [-0.4, -0.2) is 20.0 Å². The number of nitrogens with zero attached hydrogens (tertiary/aromatic N) is 1. The van der Waals surface area contributed by atoms with Crippen LogP contribution in [0.2, 0.25) is 5.02 Å². The van der Waals surface area contributed by atoms with Crippen LogP contribution in [0.3, 0.4) is 0 Å². The number of sulfonamides is 1. The highest BCUT2D eigenvalue weighted by Gasteiger charge is 2.16. The van der Waals surface area contributed by atoms with E-state index in [9.17, 15) is 8.42 Å². The summed E-state index contributed by atoms with van der Waals surface area (Å²) < 4.78 is 33.0. The van der Waals surface area contributed by atoms with Gasteiger partial charge in [0.1, 0.15) is 11.6 Å². The molecule has 7 heteroatoms. The molecule has 24 heavy (non-hydrogen) atoms. The molecule has 2 aromatic rings. The Labute approximate surface area is 148 Å². The number of hydrogen-bond donors (Lipinski definition) is 1. The molecule has 0 aliphatic heterocycles. The minimum Gasteiger partial charge on any atom is -0.493 e. The molecule has 1 aromatic carbocycles. The van der Waals surface area contributed by atoms with E-state index >= 15 is 0 Å². The number of aromatic nitrogens is 1. The first kappa shape index (κ1) is 18.5. The fourth-order valence-electron chi connectivity index (χ4n) is 2.12. The molecule has 0 atom stereocenters. The van der Waals surface area contributed by atoms with Gasteiger partial charge in [0.25, 0.3) is 10.0 Å². The lowest BCUT2D eigenvalue weighted by atomic mass is 10.2. The molecule has 0 aliphatic carbocycles. The predicted molar refractivity (Wildman–Crippen MR) is 96.3 cm³/mol. The van der Waals surface area contributed by atoms with Crippen LogP contribution in [0.25, 0.3) is 0 Å². The summed E-state index contributed by atoms with van der Waals surface area (Å²) in [6.07, 6.45) is 4.62. The zero-order valence-corrected chi connectivity index (χ0v) is 15.3. The van der Waals surface area contributed by atoms with E-state index in [4.69, 9.17) is 16.3 Å². The van der Waals surface area contributed by atoms with Crippen LogP contribution in [0, 0.1) is 6.92 Å². The third-order valence-corrected chi connectivity index (χ3v) is 5.00. The summed E-state index contributed by atoms with van der Waals surface area (Å²) in [5.41, 5.74) is 0.776. The maximum atomic E-state index is 12.4. The molecule has 1 heterocycles. The van der Waals surface area contributed by atoms with Crippen molar-refractivity contribution < 1.29 is 13.2 Å². The van der Waals surface area contributed by atoms with Gasteiger partial charge in [0.15, 0.2) is 0 Å². The number of nitrogens with one attached hydrogen (secondary N) is 1. The molecule has 130 valence electrons. The van der Waals surface area contributed by atoms with Crippen LogP contribution in [0.5, 0.6) is 5.75 Å². The second kappa shape index (κ2) is 8.35. The number of halogens is 1. The van der Waals surface area contributed by atoms with Gasteiger partial charge < -0.3 is 4.74 Å². The standard InChI is InChI=1S/C17H21ClN2O3S/c1-3-4-5-10-23-16-8-7-15(11-13(16)2)24(21,22)20-17-9-6-14(18)12-19-17/h6-9,11-12H,3-5,10H2,1-2H3,(H,19,20). The van der Waals surface area contributed by atoms with Gasteiger partial charge in [0, 0.05) is 6.20 Å². The first-order valence-electron chi connectivity index (χ1n) is 7.80. The molecule has 0 saturated carbocycles. The molecule has 1 aromatic heterocycles. The van der Waals surface area contributed by atoms with E-state index < -0.39 is 10.0 Å². The van der Waals surface area contributed by atoms with Crippen LogP contribution in [0.15, 0.2) is 41.4 Å². The number of anilines is 1. The second-order valence-corrected chi connectivity index (χ2v) is 7.57. The Morgan fingerprint density at radius 2 is 2.00 bits per heavy atom. The van der Waals surface area contributed by atoms with Gasteiger partial charge in [-0.2, -0.15) is 0 Å². The first-order valence-corrected chi connectivity index (χ1v) is 9.66. The first-order chi connectivity index (χ1) is 11.4. The van der Waals surface area contributed by atoms with Gasteiger partial charge in [0.05, 0.1) is 16.5 Å². The van der Waals surface area contributed by atoms with Gasteiger partial charge in [-0.1, -0.05) is 31.4 Å². The lowest BCUT2D eigenvalue weighted by molar-refractivity contribution is 0.304. The fraction of sp³-hybridized carbons (Fsp3) is 0.353. The summed E-state index contributed by atoms with van der Waals surface area (Å²) in [7, 11) is -3.71. The monoisotopic (exact) mass is 368 g/mol. The Morgan fingerprint density at radius 3 is 2.62 bits per heavy atom. The molecule has 0 aliphatic rings. The Morgan fingerprint density at radius 1 is 1.21 bits per heavy atom. The Hall–Kier alpha value is -1.79. The Balaban J connectivity index is 2.10. The van der Waals surface area contributed by atoms with Crippen molar-refractivity contribution in [2.45, 2.75) is 38.0 Å². The zero-order valence-electron chi connectivity index (χ0n) is 13.8. The van der Waals surface area contributed by atoms with Gasteiger partial charge >= 0.3 is 0 Å². The van der Waals surface area contributed by atoms with Crippen molar-refractivity contribution in [1.82, 2.24) is 4.98 Å². The number of rotatable bonds is 8. The van der Waals surface area contributed by atoms with Gasteiger partial charge in [-0.15, -0.1) is 0 Å². The van der Waals surface area contributed by atoms with E-state index in [2.05, 4.69) is 16.6 Å². The van der Waals surface area contributed by atoms with E-state index in [-0.39, 0.29) is 10.7 Å². The minimum atomic E-state index is -3.71. The molecule has 0 amide bonds. The van der Waals surface area contributed by atoms with E-state index in [0.29, 0.717) is 17.4 Å². The highest BCUT2D eigenvalue weighted by molar-refractivity contribution is 7.92. The minimum absolute atomic E-state index is 0.164. The number of hydrogen-bond acceptors (Lipinski definition) is 4. The van der Waals surface area contributed by atoms with E-state index in [1.54, 1.807) is 18.2 Å². The van der Waals surface area contributed by atoms with Gasteiger partial charge in [-0.05, 0) is 49.2 Å². The van der Waals surface area contributed by atoms with Crippen molar-refractivity contribution in [2.24, 2.45) is 0 Å². The van der Waals surface area contributed by atoms with Crippen LogP contribution < -0.4 is 9.46 Å². The maximum Gasteiger partial charge on any atom is 0.263 e. The van der Waals surface area contributed by atoms with Crippen molar-refractivity contribution in [3.63, 3.8) is 0 Å². The molecule has 2 rings (SSSR count). The Bertz CT molecular complexity index is 777. The summed E-state index contributed by atoms with van der Waals surface area (Å²) >= 11 is 5.75. The molecule has 0 spiro atoms. The normalized spacial score (nSPS) is 11.3. The molecule has 0 bridgehead atoms. The molecule has 0 fully saturated rings. The van der Waals surface area contributed by atoms with Crippen molar-refractivity contribution >= 4 is 27.4 Å². The largest absolute Gasteiger partial charge is 0.493 e. The summed E-state index contributed by atoms with van der Waals surface area (Å²) in [6.45, 7) is 4.59. The number of aryl methyl sites for hydroxylation is 1. The van der Waals surface area contributed by atoms with Gasteiger partial charge in [0.2, 0.25) is 0 Å². The highest BCUT2D eigenvalue weighted by atomic mass is 35.5. The van der Waals surface area contributed by atoms with Crippen molar-refractivity contribution in [1.29, 1.82) is 0 Å². The van der Waals surface area contributed by atoms with Crippen molar-refractivity contribution in [3.8, 4) is 5.75 Å². The summed E-state index contributed by atoms with van der Waals surface area (Å²) in [4.78, 5) is 4.10. The second-order valence-electron chi connectivity index (χ2n) is 5.45. The molecule has 5 nitrogen and oxygen atoms in total. The topological polar surface area (TPSA) is 68.3 Å². The van der Waals surface area contributed by atoms with Crippen LogP contribution >= 0.6 is 11.6 Å². The molecule has 0 radical (unpaired) electrons. The molecular weight excluding hydrogens is 348 g/mol. The number of benzene rings is 1. The SMILES string of the molecule is CCCCCOc1ccc(S(=O)(=O)Nc2ccc(Cl)cn2)cc1C. The number of pyridine rings is 1. The average Bonchev–Trinajstić information content (AvgIpc) is 2.54. The molecule has 0 unspecified atom stereocenters. The summed E-state index contributed by atoms with van der Waals surface area (Å²) in [6, 6.07) is 7.89. The third kappa shape index (κ3) is 5.11. The van der Waals surface area contributed by atoms with Crippen LogP contribution in [-0.2, 0) is 10.0 Å². The van der Waals surface area contributed by atoms with E-state index in [1.807, 2.05) is 6.92 Å². The third-order valence-electron chi connectivity index (χ3n) is 3.43. The fourth-order valence-corrected chi connectivity index (χ4v) is 3.32. The quantitative estimate of drug-likeness (QED) is 0.700. The molecular formula is C17H21ClN2O3S. The lowest BCUT2D eigenvalue weighted by Gasteiger charge is -2.12.